The molecule has 2 aromatic carbocycles. The second kappa shape index (κ2) is 35.2. The van der Waals surface area contributed by atoms with Gasteiger partial charge in [0.25, 0.3) is 0 Å². The molecule has 0 aromatic heterocycles. The molecular weight excluding hydrogens is 1270 g/mol. The number of carbonyl (C=O) groups is 12. The number of hydrogen-bond donors (Lipinski definition) is 3. The summed E-state index contributed by atoms with van der Waals surface area (Å²) in [4.78, 5) is 189. The van der Waals surface area contributed by atoms with Gasteiger partial charge >= 0.3 is 0 Å². The Hall–Kier alpha value is -7.34. The van der Waals surface area contributed by atoms with Crippen molar-refractivity contribution in [2.75, 3.05) is 89.1 Å². The first-order chi connectivity index (χ1) is 45.3. The van der Waals surface area contributed by atoms with Gasteiger partial charge in [0.2, 0.25) is 70.9 Å². The van der Waals surface area contributed by atoms with Crippen LogP contribution in [-0.4, -0.2) is 252 Å². The molecule has 8 atom stereocenters. The van der Waals surface area contributed by atoms with Gasteiger partial charge in [-0.3, -0.25) is 57.5 Å². The third kappa shape index (κ3) is 19.7. The predicted molar refractivity (Wildman–Crippen MR) is 365 cm³/mol. The number of nitrogens with one attached hydrogen (secondary N) is 3. The van der Waals surface area contributed by atoms with Crippen LogP contribution in [0.15, 0.2) is 48.5 Å². The lowest BCUT2D eigenvalue weighted by atomic mass is 9.84. The first kappa shape index (κ1) is 77.7. The molecular formula is C70H104Cl2N12O12. The van der Waals surface area contributed by atoms with Gasteiger partial charge in [-0.2, -0.15) is 0 Å². The summed E-state index contributed by atoms with van der Waals surface area (Å²) in [5.74, 6) is -8.66. The number of halogens is 2. The molecule has 1 spiro atoms. The summed E-state index contributed by atoms with van der Waals surface area (Å²) in [7, 11) is 11.4. The van der Waals surface area contributed by atoms with Gasteiger partial charge in [0.15, 0.2) is 0 Å². The molecule has 12 amide bonds. The van der Waals surface area contributed by atoms with Crippen LogP contribution in [0.1, 0.15) is 142 Å². The Labute approximate surface area is 577 Å². The van der Waals surface area contributed by atoms with E-state index in [4.69, 9.17) is 23.2 Å². The van der Waals surface area contributed by atoms with Gasteiger partial charge in [0.05, 0.1) is 26.1 Å². The van der Waals surface area contributed by atoms with E-state index in [0.717, 1.165) is 52.4 Å². The highest BCUT2D eigenvalue weighted by molar-refractivity contribution is 6.31. The summed E-state index contributed by atoms with van der Waals surface area (Å²) in [6, 6.07) is 5.02. The minimum Gasteiger partial charge on any atom is -0.343 e. The molecule has 26 heteroatoms. The minimum absolute atomic E-state index is 0.0160. The van der Waals surface area contributed by atoms with Crippen molar-refractivity contribution in [3.63, 3.8) is 0 Å². The first-order valence-corrected chi connectivity index (χ1v) is 34.8. The smallest absolute Gasteiger partial charge is 0.248 e. The molecule has 2 aromatic rings. The Morgan fingerprint density at radius 2 is 1.21 bits per heavy atom. The maximum absolute atomic E-state index is 15.6. The van der Waals surface area contributed by atoms with E-state index in [1.165, 1.54) is 87.8 Å². The van der Waals surface area contributed by atoms with E-state index in [-0.39, 0.29) is 44.4 Å². The van der Waals surface area contributed by atoms with Gasteiger partial charge in [0.1, 0.15) is 47.8 Å². The van der Waals surface area contributed by atoms with Crippen LogP contribution in [0.4, 0.5) is 0 Å². The van der Waals surface area contributed by atoms with Gasteiger partial charge < -0.3 is 60.0 Å². The molecule has 2 saturated carbocycles. The first-order valence-electron chi connectivity index (χ1n) is 34.1. The van der Waals surface area contributed by atoms with Crippen molar-refractivity contribution in [3.05, 3.63) is 69.7 Å². The monoisotopic (exact) mass is 1370 g/mol. The average Bonchev–Trinajstić information content (AvgIpc) is 1.41. The van der Waals surface area contributed by atoms with Gasteiger partial charge in [0, 0.05) is 85.9 Å². The lowest BCUT2D eigenvalue weighted by Gasteiger charge is -2.41. The Kier molecular flexibility index (Phi) is 28.5. The lowest BCUT2D eigenvalue weighted by Crippen LogP contribution is -2.65. The highest BCUT2D eigenvalue weighted by atomic mass is 35.5. The fraction of sp³-hybridized carbons (Fsp3) is 0.657. The van der Waals surface area contributed by atoms with Crippen LogP contribution in [0.2, 0.25) is 10.0 Å². The van der Waals surface area contributed by atoms with E-state index in [1.807, 2.05) is 6.92 Å². The van der Waals surface area contributed by atoms with Crippen LogP contribution >= 0.6 is 23.2 Å². The quantitative estimate of drug-likeness (QED) is 0.274. The summed E-state index contributed by atoms with van der Waals surface area (Å²) >= 11 is 13.1. The van der Waals surface area contributed by atoms with Crippen LogP contribution in [0.3, 0.4) is 0 Å². The summed E-state index contributed by atoms with van der Waals surface area (Å²) in [5, 5.41) is 9.56. The van der Waals surface area contributed by atoms with Gasteiger partial charge in [-0.1, -0.05) is 133 Å². The number of hydrogen-bond acceptors (Lipinski definition) is 12. The van der Waals surface area contributed by atoms with Crippen LogP contribution in [0.25, 0.3) is 0 Å². The second-order valence-corrected chi connectivity index (χ2v) is 28.4. The molecule has 96 heavy (non-hydrogen) atoms. The number of likely N-dealkylation sites (N-methyl/N-ethyl adjacent to an activating group) is 8. The number of nitrogens with zero attached hydrogens (tertiary/aromatic N) is 9. The molecule has 530 valence electrons. The molecule has 0 bridgehead atoms. The SMILES string of the molecule is CC[C@H](C)[C@@H]1NC(=O)[C@H](C)N(C)C(=O)C[C@@H](C(=O)N2CCCC2)N(C)C(=O)[C@H](C(C)C)N(C)C(=O)C2(CCCC2)NC(=O)[C@H](Cc2ccccc2Cl)N(C)C(=O)[C@H](CCc2ccc(Cl)cc2)NC(=O)CN(C)C(=O)[C@H](CC2CCCCC2)N(C)C(=O)CN(C)C(=O)CN(C)C1=O. The molecule has 4 aliphatic rings. The Morgan fingerprint density at radius 3 is 1.81 bits per heavy atom. The van der Waals surface area contributed by atoms with Gasteiger partial charge in [-0.25, -0.2) is 0 Å². The number of carbonyl (C=O) groups excluding carboxylic acids is 12. The van der Waals surface area contributed by atoms with Crippen LogP contribution in [0, 0.1) is 17.8 Å². The van der Waals surface area contributed by atoms with E-state index in [0.29, 0.717) is 60.8 Å². The van der Waals surface area contributed by atoms with Crippen molar-refractivity contribution in [3.8, 4) is 0 Å². The maximum Gasteiger partial charge on any atom is 0.248 e. The van der Waals surface area contributed by atoms with Crippen LogP contribution < -0.4 is 16.0 Å². The van der Waals surface area contributed by atoms with E-state index in [1.54, 1.807) is 74.2 Å². The molecule has 0 radical (unpaired) electrons. The molecule has 24 nitrogen and oxygen atoms in total. The van der Waals surface area contributed by atoms with Crippen molar-refractivity contribution < 1.29 is 57.5 Å². The van der Waals surface area contributed by atoms with Crippen LogP contribution in [-0.2, 0) is 70.4 Å². The Bertz CT molecular complexity index is 3120. The zero-order valence-corrected chi connectivity index (χ0v) is 60.1. The highest BCUT2D eigenvalue weighted by Crippen LogP contribution is 2.35. The van der Waals surface area contributed by atoms with Crippen molar-refractivity contribution in [2.45, 2.75) is 192 Å². The number of benzene rings is 2. The predicted octanol–water partition coefficient (Wildman–Crippen LogP) is 4.80. The largest absolute Gasteiger partial charge is 0.343 e. The molecule has 4 fully saturated rings. The zero-order chi connectivity index (χ0) is 71.0. The molecule has 0 unspecified atom stereocenters. The van der Waals surface area contributed by atoms with E-state index in [9.17, 15) is 38.4 Å². The third-order valence-electron chi connectivity index (χ3n) is 20.4. The molecule has 2 heterocycles. The topological polar surface area (TPSA) is 270 Å². The summed E-state index contributed by atoms with van der Waals surface area (Å²) < 4.78 is 0. The zero-order valence-electron chi connectivity index (χ0n) is 58.6. The normalized spacial score (nSPS) is 25.5. The van der Waals surface area contributed by atoms with Crippen molar-refractivity contribution in [1.82, 2.24) is 60.0 Å². The van der Waals surface area contributed by atoms with E-state index < -0.39 is 157 Å². The third-order valence-corrected chi connectivity index (χ3v) is 21.0. The van der Waals surface area contributed by atoms with Gasteiger partial charge in [-0.15, -0.1) is 0 Å². The standard InChI is InChI=1S/C70H104Cl2N12O12/c1-14-45(4)60-67(94)78(8)42-58(87)76(6)43-59(88)80(10)54(38-48-24-16-15-17-25-48)65(92)77(7)41-56(85)73-52(33-30-47-28-31-50(71)32-29-47)64(91)81(11)53(39-49-26-18-19-27-51(49)72)63(90)75-70(34-20-21-35-70)69(96)83(13)61(44(2)3)68(95)82(12)55(66(93)84-36-22-23-37-84)40-57(86)79(9)46(5)62(89)74-60/h18-19,26-29,31-32,44-46,48,52-55,60-61H,14-17,20-25,30,33-43H2,1-13H3,(H,73,85)(H,74,89)(H,75,90)/t45-,46-,52-,53-,54-,55-,60-,61-/m0/s1. The fourth-order valence-electron chi connectivity index (χ4n) is 13.7. The molecule has 3 N–H and O–H groups in total. The van der Waals surface area contributed by atoms with Crippen LogP contribution in [0.5, 0.6) is 0 Å². The maximum atomic E-state index is 15.6. The Morgan fingerprint density at radius 1 is 0.604 bits per heavy atom. The molecule has 6 rings (SSSR count). The second-order valence-electron chi connectivity index (χ2n) is 27.6. The molecule has 2 aliphatic heterocycles. The van der Waals surface area contributed by atoms with E-state index >= 15 is 19.2 Å². The number of amides is 12. The average molecular weight is 1380 g/mol. The Balaban J connectivity index is 1.43. The van der Waals surface area contributed by atoms with Crippen molar-refractivity contribution in [1.29, 1.82) is 0 Å². The van der Waals surface area contributed by atoms with Crippen molar-refractivity contribution in [2.24, 2.45) is 17.8 Å². The van der Waals surface area contributed by atoms with Crippen molar-refractivity contribution >= 4 is 94.1 Å². The van der Waals surface area contributed by atoms with E-state index in [2.05, 4.69) is 16.0 Å². The number of rotatable bonds is 11. The lowest BCUT2D eigenvalue weighted by molar-refractivity contribution is -0.156. The number of aryl methyl sites for hydroxylation is 1. The number of likely N-dealkylation sites (tertiary alicyclic amines) is 1. The summed E-state index contributed by atoms with van der Waals surface area (Å²) in [6.45, 7) is 7.76. The summed E-state index contributed by atoms with van der Waals surface area (Å²) in [6.07, 6.45) is 7.51. The fourth-order valence-corrected chi connectivity index (χ4v) is 14.0. The molecule has 2 aliphatic carbocycles. The highest BCUT2D eigenvalue weighted by Gasteiger charge is 2.50. The van der Waals surface area contributed by atoms with Gasteiger partial charge in [-0.05, 0) is 98.9 Å². The minimum atomic E-state index is -1.61. The molecule has 2 saturated heterocycles. The summed E-state index contributed by atoms with van der Waals surface area (Å²) in [5.41, 5.74) is -0.328.